The number of carboxylic acid groups (broad SMARTS) is 1. The van der Waals surface area contributed by atoms with Gasteiger partial charge in [0.2, 0.25) is 0 Å². The predicted molar refractivity (Wildman–Crippen MR) is 63.7 cm³/mol. The first-order valence-electron chi connectivity index (χ1n) is 5.51. The molecule has 1 aliphatic rings. The van der Waals surface area contributed by atoms with Crippen molar-refractivity contribution in [2.45, 2.75) is 12.5 Å². The van der Waals surface area contributed by atoms with Crippen LogP contribution in [-0.4, -0.2) is 30.6 Å². The summed E-state index contributed by atoms with van der Waals surface area (Å²) in [5, 5.41) is 8.96. The van der Waals surface area contributed by atoms with Gasteiger partial charge in [-0.1, -0.05) is 12.2 Å². The van der Waals surface area contributed by atoms with E-state index in [9.17, 15) is 4.79 Å². The average Bonchev–Trinajstić information content (AvgIpc) is 2.94. The first-order valence-corrected chi connectivity index (χ1v) is 5.51. The summed E-state index contributed by atoms with van der Waals surface area (Å²) >= 11 is 0. The average molecular weight is 245 g/mol. The Bertz CT molecular complexity index is 648. The molecule has 0 fully saturated rings. The number of allylic oxidation sites excluding steroid dienone is 1. The van der Waals surface area contributed by atoms with E-state index in [1.54, 1.807) is 12.4 Å². The number of rotatable bonds is 2. The van der Waals surface area contributed by atoms with E-state index in [1.165, 1.54) is 6.33 Å². The van der Waals surface area contributed by atoms with Crippen LogP contribution in [0.2, 0.25) is 0 Å². The van der Waals surface area contributed by atoms with Crippen molar-refractivity contribution >= 4 is 23.0 Å². The van der Waals surface area contributed by atoms with E-state index in [0.29, 0.717) is 23.4 Å². The van der Waals surface area contributed by atoms with Crippen LogP contribution in [0.1, 0.15) is 12.5 Å². The molecule has 0 aromatic carbocycles. The van der Waals surface area contributed by atoms with Crippen molar-refractivity contribution in [1.82, 2.24) is 19.5 Å². The van der Waals surface area contributed by atoms with Gasteiger partial charge in [-0.3, -0.25) is 4.79 Å². The number of nitrogens with two attached hydrogens (primary N) is 1. The predicted octanol–water partition coefficient (Wildman–Crippen LogP) is 0.610. The lowest BCUT2D eigenvalue weighted by Crippen LogP contribution is -2.12. The minimum absolute atomic E-state index is 0.0506. The second-order valence-corrected chi connectivity index (χ2v) is 4.22. The molecule has 18 heavy (non-hydrogen) atoms. The molecule has 0 bridgehead atoms. The lowest BCUT2D eigenvalue weighted by Gasteiger charge is -2.11. The number of aromatic nitrogens is 4. The van der Waals surface area contributed by atoms with Crippen molar-refractivity contribution in [2.24, 2.45) is 5.92 Å². The van der Waals surface area contributed by atoms with E-state index in [0.717, 1.165) is 0 Å². The summed E-state index contributed by atoms with van der Waals surface area (Å²) in [7, 11) is 0. The smallest absolute Gasteiger partial charge is 0.310 e. The molecule has 2 unspecified atom stereocenters. The number of aliphatic carboxylic acids is 1. The third-order valence-electron chi connectivity index (χ3n) is 3.12. The van der Waals surface area contributed by atoms with Gasteiger partial charge >= 0.3 is 5.97 Å². The summed E-state index contributed by atoms with van der Waals surface area (Å²) in [5.41, 5.74) is 6.88. The number of hydrogen-bond acceptors (Lipinski definition) is 5. The standard InChI is InChI=1S/C11H11N5O2/c12-9-8-10(14-4-13-9)16(5-15-8)7-2-1-6(3-7)11(17)18/h1-2,4-7H,3H2,(H,17,18)(H2,12,13,14). The molecule has 2 atom stereocenters. The van der Waals surface area contributed by atoms with E-state index in [1.807, 2.05) is 10.6 Å². The molecule has 0 saturated carbocycles. The van der Waals surface area contributed by atoms with Gasteiger partial charge in [0, 0.05) is 0 Å². The molecule has 7 heteroatoms. The molecule has 2 aromatic heterocycles. The van der Waals surface area contributed by atoms with Crippen molar-refractivity contribution in [3.8, 4) is 0 Å². The lowest BCUT2D eigenvalue weighted by atomic mass is 10.1. The normalized spacial score (nSPS) is 22.7. The highest BCUT2D eigenvalue weighted by Crippen LogP contribution is 2.30. The molecule has 0 amide bonds. The summed E-state index contributed by atoms with van der Waals surface area (Å²) in [6, 6.07) is -0.0506. The van der Waals surface area contributed by atoms with Gasteiger partial charge < -0.3 is 15.4 Å². The molecule has 92 valence electrons. The molecule has 2 aromatic rings. The number of hydrogen-bond donors (Lipinski definition) is 2. The van der Waals surface area contributed by atoms with Gasteiger partial charge in [-0.05, 0) is 6.42 Å². The Morgan fingerprint density at radius 1 is 1.39 bits per heavy atom. The number of imidazole rings is 1. The molecule has 0 aliphatic heterocycles. The molecule has 0 radical (unpaired) electrons. The van der Waals surface area contributed by atoms with Crippen LogP contribution in [-0.2, 0) is 4.79 Å². The van der Waals surface area contributed by atoms with Gasteiger partial charge in [0.05, 0.1) is 18.3 Å². The zero-order valence-corrected chi connectivity index (χ0v) is 9.39. The van der Waals surface area contributed by atoms with Crippen molar-refractivity contribution in [3.05, 3.63) is 24.8 Å². The fourth-order valence-corrected chi connectivity index (χ4v) is 2.18. The largest absolute Gasteiger partial charge is 0.481 e. The second kappa shape index (κ2) is 3.80. The minimum Gasteiger partial charge on any atom is -0.481 e. The van der Waals surface area contributed by atoms with Gasteiger partial charge in [0.15, 0.2) is 11.5 Å². The van der Waals surface area contributed by atoms with Crippen molar-refractivity contribution in [1.29, 1.82) is 0 Å². The van der Waals surface area contributed by atoms with Crippen LogP contribution in [0.25, 0.3) is 11.2 Å². The summed E-state index contributed by atoms with van der Waals surface area (Å²) in [5.74, 6) is -0.936. The fraction of sp³-hybridized carbons (Fsp3) is 0.273. The fourth-order valence-electron chi connectivity index (χ4n) is 2.18. The SMILES string of the molecule is Nc1ncnc2c1ncn2C1C=CC(C(=O)O)C1. The zero-order valence-electron chi connectivity index (χ0n) is 9.39. The Balaban J connectivity index is 2.00. The highest BCUT2D eigenvalue weighted by atomic mass is 16.4. The van der Waals surface area contributed by atoms with Crippen LogP contribution in [0.5, 0.6) is 0 Å². The van der Waals surface area contributed by atoms with Crippen molar-refractivity contribution in [3.63, 3.8) is 0 Å². The van der Waals surface area contributed by atoms with Gasteiger partial charge in [-0.15, -0.1) is 0 Å². The third kappa shape index (κ3) is 1.52. The highest BCUT2D eigenvalue weighted by molar-refractivity contribution is 5.81. The van der Waals surface area contributed by atoms with E-state index >= 15 is 0 Å². The third-order valence-corrected chi connectivity index (χ3v) is 3.12. The monoisotopic (exact) mass is 245 g/mol. The zero-order chi connectivity index (χ0) is 12.7. The lowest BCUT2D eigenvalue weighted by molar-refractivity contribution is -0.140. The first-order chi connectivity index (χ1) is 8.66. The molecule has 7 nitrogen and oxygen atoms in total. The van der Waals surface area contributed by atoms with Crippen LogP contribution in [0.15, 0.2) is 24.8 Å². The summed E-state index contributed by atoms with van der Waals surface area (Å²) in [4.78, 5) is 23.1. The summed E-state index contributed by atoms with van der Waals surface area (Å²) in [6.45, 7) is 0. The van der Waals surface area contributed by atoms with E-state index in [4.69, 9.17) is 10.8 Å². The molecule has 2 heterocycles. The maximum Gasteiger partial charge on any atom is 0.310 e. The first kappa shape index (κ1) is 10.7. The summed E-state index contributed by atoms with van der Waals surface area (Å²) < 4.78 is 1.83. The molecule has 0 saturated heterocycles. The maximum atomic E-state index is 10.9. The number of anilines is 1. The Morgan fingerprint density at radius 3 is 2.94 bits per heavy atom. The molecule has 3 N–H and O–H groups in total. The number of nitrogens with zero attached hydrogens (tertiary/aromatic N) is 4. The number of nitrogen functional groups attached to an aromatic ring is 1. The van der Waals surface area contributed by atoms with Crippen molar-refractivity contribution < 1.29 is 9.90 Å². The van der Waals surface area contributed by atoms with Crippen LogP contribution >= 0.6 is 0 Å². The van der Waals surface area contributed by atoms with Gasteiger partial charge in [-0.2, -0.15) is 0 Å². The van der Waals surface area contributed by atoms with E-state index in [2.05, 4.69) is 15.0 Å². The number of carboxylic acids is 1. The molecule has 3 rings (SSSR count). The van der Waals surface area contributed by atoms with Gasteiger partial charge in [-0.25, -0.2) is 15.0 Å². The van der Waals surface area contributed by atoms with Crippen LogP contribution in [0.3, 0.4) is 0 Å². The van der Waals surface area contributed by atoms with Crippen LogP contribution < -0.4 is 5.73 Å². The van der Waals surface area contributed by atoms with Crippen LogP contribution in [0.4, 0.5) is 5.82 Å². The molecule has 1 aliphatic carbocycles. The Morgan fingerprint density at radius 2 is 2.22 bits per heavy atom. The molecule has 0 spiro atoms. The Labute approximate surface area is 102 Å². The van der Waals surface area contributed by atoms with E-state index in [-0.39, 0.29) is 6.04 Å². The van der Waals surface area contributed by atoms with Crippen LogP contribution in [0, 0.1) is 5.92 Å². The highest BCUT2D eigenvalue weighted by Gasteiger charge is 2.26. The molecular weight excluding hydrogens is 234 g/mol. The van der Waals surface area contributed by atoms with Crippen molar-refractivity contribution in [2.75, 3.05) is 5.73 Å². The van der Waals surface area contributed by atoms with Gasteiger partial charge in [0.1, 0.15) is 11.8 Å². The number of carbonyl (C=O) groups is 1. The number of fused-ring (bicyclic) bond motifs is 1. The van der Waals surface area contributed by atoms with E-state index < -0.39 is 11.9 Å². The Kier molecular flexibility index (Phi) is 2.26. The minimum atomic E-state index is -0.813. The maximum absolute atomic E-state index is 10.9. The molecular formula is C11H11N5O2. The van der Waals surface area contributed by atoms with Gasteiger partial charge in [0.25, 0.3) is 0 Å². The Hall–Kier alpha value is -2.44. The topological polar surface area (TPSA) is 107 Å². The second-order valence-electron chi connectivity index (χ2n) is 4.22. The quantitative estimate of drug-likeness (QED) is 0.750. The summed E-state index contributed by atoms with van der Waals surface area (Å²) in [6.07, 6.45) is 7.06.